The molecule has 0 unspecified atom stereocenters. The lowest BCUT2D eigenvalue weighted by molar-refractivity contribution is -0.176. The SMILES string of the molecule is CC(=O)NC12C[C@@H]3C[C@@H](C1)CC(C(=O)OCC(=O)Nc1cccc4c1N=S=N4)(C3)C2. The van der Waals surface area contributed by atoms with E-state index in [1.54, 1.807) is 12.1 Å². The molecule has 2 atom stereocenters. The van der Waals surface area contributed by atoms with Gasteiger partial charge in [0.1, 0.15) is 11.4 Å². The molecule has 4 aliphatic carbocycles. The third kappa shape index (κ3) is 3.34. The van der Waals surface area contributed by atoms with Crippen LogP contribution in [0.1, 0.15) is 45.4 Å². The molecule has 30 heavy (non-hydrogen) atoms. The molecule has 4 saturated carbocycles. The molecule has 2 amide bonds. The number of esters is 1. The van der Waals surface area contributed by atoms with Crippen molar-refractivity contribution >= 4 is 46.2 Å². The number of nitrogens with zero attached hydrogens (tertiary/aromatic N) is 2. The minimum Gasteiger partial charge on any atom is -0.455 e. The number of ether oxygens (including phenoxy) is 1. The lowest BCUT2D eigenvalue weighted by Crippen LogP contribution is -2.64. The Kier molecular flexibility index (Phi) is 4.53. The van der Waals surface area contributed by atoms with Gasteiger partial charge in [0.05, 0.1) is 22.5 Å². The Morgan fingerprint density at radius 2 is 1.93 bits per heavy atom. The smallest absolute Gasteiger partial charge is 0.312 e. The standard InChI is InChI=1S/C21H24N4O4S/c1-12(26)23-21-8-13-5-14(9-21)7-20(6-13,11-21)19(28)29-10-17(27)22-15-3-2-4-16-18(15)25-30-24-16/h2-4,13-14H,5-11H2,1H3,(H,22,27)(H,23,26)/t13-,14-,20?,21?/m1/s1. The summed E-state index contributed by atoms with van der Waals surface area (Å²) < 4.78 is 13.9. The van der Waals surface area contributed by atoms with Gasteiger partial charge in [-0.05, 0) is 62.5 Å². The summed E-state index contributed by atoms with van der Waals surface area (Å²) in [5.41, 5.74) is 1.00. The minimum atomic E-state index is -0.592. The average Bonchev–Trinajstić information content (AvgIpc) is 3.14. The first-order valence-electron chi connectivity index (χ1n) is 10.3. The van der Waals surface area contributed by atoms with Gasteiger partial charge in [0, 0.05) is 12.5 Å². The Labute approximate surface area is 178 Å². The van der Waals surface area contributed by atoms with E-state index in [4.69, 9.17) is 4.74 Å². The maximum Gasteiger partial charge on any atom is 0.312 e. The summed E-state index contributed by atoms with van der Waals surface area (Å²) in [6, 6.07) is 5.37. The number of fused-ring (bicyclic) bond motifs is 1. The molecule has 9 heteroatoms. The van der Waals surface area contributed by atoms with Gasteiger partial charge < -0.3 is 15.4 Å². The number of benzene rings is 1. The van der Waals surface area contributed by atoms with E-state index < -0.39 is 11.3 Å². The summed E-state index contributed by atoms with van der Waals surface area (Å²) in [5.74, 6) is 0.0919. The van der Waals surface area contributed by atoms with Gasteiger partial charge in [-0.15, -0.1) is 0 Å². The zero-order valence-electron chi connectivity index (χ0n) is 16.8. The van der Waals surface area contributed by atoms with E-state index >= 15 is 0 Å². The van der Waals surface area contributed by atoms with Crippen molar-refractivity contribution in [3.63, 3.8) is 0 Å². The number of carbonyl (C=O) groups is 3. The molecule has 158 valence electrons. The number of anilines is 1. The summed E-state index contributed by atoms with van der Waals surface area (Å²) in [5, 5.41) is 5.91. The van der Waals surface area contributed by atoms with Crippen LogP contribution in [0.25, 0.3) is 0 Å². The van der Waals surface area contributed by atoms with Crippen LogP contribution in [0, 0.1) is 17.3 Å². The Morgan fingerprint density at radius 3 is 2.67 bits per heavy atom. The molecule has 2 N–H and O–H groups in total. The van der Waals surface area contributed by atoms with Crippen molar-refractivity contribution in [1.29, 1.82) is 0 Å². The molecule has 6 rings (SSSR count). The predicted octanol–water partition coefficient (Wildman–Crippen LogP) is 3.37. The largest absolute Gasteiger partial charge is 0.455 e. The van der Waals surface area contributed by atoms with Crippen LogP contribution in [-0.4, -0.2) is 29.9 Å². The van der Waals surface area contributed by atoms with E-state index in [1.807, 2.05) is 6.07 Å². The van der Waals surface area contributed by atoms with Crippen LogP contribution >= 0.6 is 0 Å². The summed E-state index contributed by atoms with van der Waals surface area (Å²) in [7, 11) is 0. The van der Waals surface area contributed by atoms with Crippen molar-refractivity contribution in [2.24, 2.45) is 26.0 Å². The number of amides is 2. The quantitative estimate of drug-likeness (QED) is 0.712. The number of nitrogens with one attached hydrogen (secondary N) is 2. The van der Waals surface area contributed by atoms with Gasteiger partial charge in [-0.1, -0.05) is 6.07 Å². The molecule has 0 aromatic heterocycles. The molecule has 8 nitrogen and oxygen atoms in total. The van der Waals surface area contributed by atoms with Crippen molar-refractivity contribution in [2.75, 3.05) is 11.9 Å². The van der Waals surface area contributed by atoms with E-state index in [0.717, 1.165) is 43.5 Å². The third-order valence-electron chi connectivity index (χ3n) is 6.83. The topological polar surface area (TPSA) is 109 Å². The maximum atomic E-state index is 13.1. The normalized spacial score (nSPS) is 32.3. The van der Waals surface area contributed by atoms with E-state index in [0.29, 0.717) is 35.3 Å². The van der Waals surface area contributed by atoms with Gasteiger partial charge in [-0.25, -0.2) is 0 Å². The second-order valence-corrected chi connectivity index (χ2v) is 9.79. The van der Waals surface area contributed by atoms with Crippen molar-refractivity contribution in [3.8, 4) is 0 Å². The molecule has 1 aromatic rings. The van der Waals surface area contributed by atoms with Crippen LogP contribution in [0.15, 0.2) is 26.9 Å². The zero-order valence-corrected chi connectivity index (χ0v) is 17.6. The molecule has 0 spiro atoms. The van der Waals surface area contributed by atoms with Gasteiger partial charge in [0.15, 0.2) is 6.61 Å². The number of carbonyl (C=O) groups excluding carboxylic acids is 3. The molecule has 1 heterocycles. The van der Waals surface area contributed by atoms with Gasteiger partial charge in [0.25, 0.3) is 5.91 Å². The average molecular weight is 429 g/mol. The highest BCUT2D eigenvalue weighted by molar-refractivity contribution is 7.58. The first-order valence-corrected chi connectivity index (χ1v) is 11.1. The molecule has 0 radical (unpaired) electrons. The van der Waals surface area contributed by atoms with E-state index in [2.05, 4.69) is 19.4 Å². The lowest BCUT2D eigenvalue weighted by Gasteiger charge is -2.60. The van der Waals surface area contributed by atoms with Crippen molar-refractivity contribution in [2.45, 2.75) is 51.0 Å². The molecule has 1 aliphatic heterocycles. The Bertz CT molecular complexity index is 1000. The fraction of sp³-hybridized carbons (Fsp3) is 0.571. The molecule has 4 bridgehead atoms. The monoisotopic (exact) mass is 428 g/mol. The fourth-order valence-electron chi connectivity index (χ4n) is 6.40. The molecule has 4 fully saturated rings. The van der Waals surface area contributed by atoms with Gasteiger partial charge >= 0.3 is 5.97 Å². The van der Waals surface area contributed by atoms with Crippen LogP contribution in [0.5, 0.6) is 0 Å². The maximum absolute atomic E-state index is 13.1. The second-order valence-electron chi connectivity index (χ2n) is 9.26. The molecular formula is C21H24N4O4S. The number of hydrogen-bond acceptors (Lipinski definition) is 6. The van der Waals surface area contributed by atoms with Crippen molar-refractivity contribution in [3.05, 3.63) is 18.2 Å². The molecule has 5 aliphatic rings. The van der Waals surface area contributed by atoms with Crippen LogP contribution in [0.3, 0.4) is 0 Å². The van der Waals surface area contributed by atoms with E-state index in [9.17, 15) is 14.4 Å². The number of hydrogen-bond donors (Lipinski definition) is 2. The molecular weight excluding hydrogens is 404 g/mol. The van der Waals surface area contributed by atoms with E-state index in [1.165, 1.54) is 6.92 Å². The molecule has 1 aromatic carbocycles. The van der Waals surface area contributed by atoms with Gasteiger partial charge in [-0.2, -0.15) is 8.73 Å². The summed E-state index contributed by atoms with van der Waals surface area (Å²) >= 11 is 1.08. The van der Waals surface area contributed by atoms with Crippen molar-refractivity contribution < 1.29 is 19.1 Å². The summed E-state index contributed by atoms with van der Waals surface area (Å²) in [6.45, 7) is 1.20. The number of rotatable bonds is 5. The first-order chi connectivity index (χ1) is 14.4. The Morgan fingerprint density at radius 1 is 1.17 bits per heavy atom. The Balaban J connectivity index is 1.25. The zero-order chi connectivity index (χ0) is 20.9. The highest BCUT2D eigenvalue weighted by Crippen LogP contribution is 2.62. The van der Waals surface area contributed by atoms with Crippen LogP contribution < -0.4 is 10.6 Å². The van der Waals surface area contributed by atoms with Crippen LogP contribution in [0.2, 0.25) is 0 Å². The predicted molar refractivity (Wildman–Crippen MR) is 111 cm³/mol. The summed E-state index contributed by atoms with van der Waals surface area (Å²) in [6.07, 6.45) is 5.16. The lowest BCUT2D eigenvalue weighted by atomic mass is 9.47. The first kappa shape index (κ1) is 19.4. The third-order valence-corrected chi connectivity index (χ3v) is 7.37. The van der Waals surface area contributed by atoms with Gasteiger partial charge in [-0.3, -0.25) is 14.4 Å². The second kappa shape index (κ2) is 7.01. The Hall–Kier alpha value is -2.55. The van der Waals surface area contributed by atoms with Gasteiger partial charge in [0.2, 0.25) is 5.91 Å². The fourth-order valence-corrected chi connectivity index (χ4v) is 6.95. The van der Waals surface area contributed by atoms with E-state index in [-0.39, 0.29) is 24.0 Å². The van der Waals surface area contributed by atoms with Crippen LogP contribution in [0.4, 0.5) is 17.1 Å². The highest BCUT2D eigenvalue weighted by atomic mass is 32.1. The highest BCUT2D eigenvalue weighted by Gasteiger charge is 2.61. The minimum absolute atomic E-state index is 0.0504. The summed E-state index contributed by atoms with van der Waals surface area (Å²) in [4.78, 5) is 37.3. The van der Waals surface area contributed by atoms with Crippen molar-refractivity contribution in [1.82, 2.24) is 5.32 Å². The van der Waals surface area contributed by atoms with Crippen LogP contribution in [-0.2, 0) is 30.5 Å². The molecule has 0 saturated heterocycles.